The van der Waals surface area contributed by atoms with Crippen molar-refractivity contribution in [1.29, 1.82) is 10.5 Å². The summed E-state index contributed by atoms with van der Waals surface area (Å²) < 4.78 is 9.89. The fraction of sp³-hybridized carbons (Fsp3) is 0.632. The molecule has 2 aliphatic rings. The number of rotatable bonds is 4. The Bertz CT molecular complexity index is 2530. The molecule has 2 heterocycles. The van der Waals surface area contributed by atoms with E-state index in [2.05, 4.69) is 190 Å². The van der Waals surface area contributed by atoms with Gasteiger partial charge in [-0.25, -0.2) is 0 Å². The molecule has 0 saturated carbocycles. The molecule has 0 spiro atoms. The van der Waals surface area contributed by atoms with Gasteiger partial charge in [-0.1, -0.05) is 229 Å². The molecule has 0 aromatic heterocycles. The van der Waals surface area contributed by atoms with Gasteiger partial charge in [-0.2, -0.15) is 10.5 Å². The third-order valence-corrected chi connectivity index (χ3v) is 14.7. The molecule has 6 rings (SSSR count). The zero-order valence-electron chi connectivity index (χ0n) is 64.2. The maximum absolute atomic E-state index is 13.7. The second kappa shape index (κ2) is 48.2. The van der Waals surface area contributed by atoms with Crippen molar-refractivity contribution in [3.05, 3.63) is 115 Å². The summed E-state index contributed by atoms with van der Waals surface area (Å²) in [5.74, 6) is -0.290. The molecule has 2 N–H and O–H groups in total. The van der Waals surface area contributed by atoms with Gasteiger partial charge in [-0.3, -0.25) is 0 Å². The number of benzene rings is 4. The predicted octanol–water partition coefficient (Wildman–Crippen LogP) is 8.09. The average Bonchev–Trinajstić information content (AvgIpc) is 1.80. The fourth-order valence-electron chi connectivity index (χ4n) is 9.21. The molecule has 14 nitrogen and oxygen atoms in total. The number of hydrogen-bond donors (Lipinski definition) is 2. The largest absolute Gasteiger partial charge is 2.00 e. The van der Waals surface area contributed by atoms with Crippen LogP contribution in [0.3, 0.4) is 0 Å². The first-order valence-electron chi connectivity index (χ1n) is 30.8. The van der Waals surface area contributed by atoms with E-state index < -0.39 is 0 Å². The van der Waals surface area contributed by atoms with Gasteiger partial charge >= 0.3 is 37.7 Å². The van der Waals surface area contributed by atoms with Gasteiger partial charge in [0.05, 0.1) is 26.0 Å². The molecule has 0 aliphatic carbocycles. The molecule has 2 fully saturated rings. The molecule has 94 heavy (non-hydrogen) atoms. The summed E-state index contributed by atoms with van der Waals surface area (Å²) in [6.45, 7) is 65.1. The fourth-order valence-corrected chi connectivity index (χ4v) is 9.21. The summed E-state index contributed by atoms with van der Waals surface area (Å²) in [6, 6.07) is 24.0. The minimum Gasteiger partial charge on any atom is -2.00 e. The van der Waals surface area contributed by atoms with Gasteiger partial charge in [-0.15, -0.1) is 33.5 Å². The Morgan fingerprint density at radius 1 is 0.340 bits per heavy atom. The predicted molar refractivity (Wildman–Crippen MR) is 355 cm³/mol. The SMILES string of the molecule is C1CCOC1.C1CCOC1.CC#N.CC#N.CC#[NH+].CC#[NH+].CC(c1cc(C(C)(C)C)cc(C(C)(C)C)c1[O-])c1cc(C(C)(C)C)cc(C(C)(C)C)c1[O-].CC(c1cc(C(C)(C)C)cc(C(C)(C)C)c1[O-])c1cc(C(C)(C)C)cc(C(C)(C)C)c1[O-].[Li+].[Li+].[Mo].[Mo].[O-2].[O-2].[O-2].[O-2]. The third-order valence-electron chi connectivity index (χ3n) is 14.7. The van der Waals surface area contributed by atoms with Crippen LogP contribution in [-0.4, -0.2) is 26.4 Å². The van der Waals surface area contributed by atoms with Crippen LogP contribution in [0, 0.1) is 34.8 Å². The van der Waals surface area contributed by atoms with Gasteiger partial charge < -0.3 is 51.8 Å². The summed E-state index contributed by atoms with van der Waals surface area (Å²) in [7, 11) is 0. The molecule has 4 aromatic carbocycles. The maximum atomic E-state index is 13.7. The topological polar surface area (TPSA) is 320 Å². The smallest absolute Gasteiger partial charge is 1.00 e. The minimum atomic E-state index is -0.276. The van der Waals surface area contributed by atoms with Crippen molar-refractivity contribution < 1.29 is 142 Å². The molecular weight excluding hydrogens is 1330 g/mol. The van der Waals surface area contributed by atoms with Crippen LogP contribution >= 0.6 is 0 Å². The van der Waals surface area contributed by atoms with Crippen molar-refractivity contribution in [2.24, 2.45) is 0 Å². The average molecular weight is 1450 g/mol. The molecule has 0 radical (unpaired) electrons. The zero-order chi connectivity index (χ0) is 67.9. The van der Waals surface area contributed by atoms with E-state index in [1.165, 1.54) is 39.5 Å². The van der Waals surface area contributed by atoms with Crippen LogP contribution in [0.5, 0.6) is 23.0 Å². The first-order valence-corrected chi connectivity index (χ1v) is 30.8. The van der Waals surface area contributed by atoms with Crippen molar-refractivity contribution in [3.8, 4) is 47.3 Å². The number of nitriles is 2. The second-order valence-electron chi connectivity index (χ2n) is 30.8. The van der Waals surface area contributed by atoms with Gasteiger partial charge in [0.1, 0.15) is 0 Å². The summed E-state index contributed by atoms with van der Waals surface area (Å²) in [5.41, 5.74) is 9.32. The standard InChI is InChI=1S/2C30H46O2.2C4H8O.4C2H3N.2Li.2Mo.4O/c2*1-18(21-14-19(27(2,3)4)16-23(25(21)31)29(8,9)10)22-15-20(28(5,6)7)17-24(26(22)32)30(11,12)13;2*1-2-4-5-3-1;4*1-2-3;;;;;;;;/h2*14-18,31-32H,1-13H3;2*1-4H2;4*1H3;;;;;;;;/q;;;;;;;;2*+1;;;4*-2/p-2. The Balaban J connectivity index is -0.000000133. The normalized spacial score (nSPS) is 12.2. The molecule has 0 unspecified atom stereocenters. The molecule has 0 amide bonds. The molecule has 524 valence electrons. The third kappa shape index (κ3) is 37.4. The van der Waals surface area contributed by atoms with Gasteiger partial charge in [0.25, 0.3) is 12.1 Å². The molecule has 4 aromatic rings. The van der Waals surface area contributed by atoms with Gasteiger partial charge in [0.2, 0.25) is 0 Å². The molecule has 0 bridgehead atoms. The van der Waals surface area contributed by atoms with E-state index in [1.54, 1.807) is 26.0 Å². The Labute approximate surface area is 625 Å². The van der Waals surface area contributed by atoms with Crippen LogP contribution in [0.4, 0.5) is 0 Å². The summed E-state index contributed by atoms with van der Waals surface area (Å²) >= 11 is 0. The van der Waals surface area contributed by atoms with Crippen molar-refractivity contribution in [2.75, 3.05) is 26.4 Å². The molecule has 18 heteroatoms. The van der Waals surface area contributed by atoms with Crippen LogP contribution in [0.1, 0.15) is 312 Å². The summed E-state index contributed by atoms with van der Waals surface area (Å²) in [5, 5.41) is 81.3. The molecule has 0 atom stereocenters. The van der Waals surface area contributed by atoms with E-state index in [-0.39, 0.29) is 180 Å². The summed E-state index contributed by atoms with van der Waals surface area (Å²) in [6.07, 6.45) is 5.11. The van der Waals surface area contributed by atoms with E-state index in [0.29, 0.717) is 0 Å². The van der Waals surface area contributed by atoms with Crippen LogP contribution in [-0.2, 0) is 117 Å². The number of hydrogen-bond acceptors (Lipinski definition) is 8. The summed E-state index contributed by atoms with van der Waals surface area (Å²) in [4.78, 5) is 0. The van der Waals surface area contributed by atoms with E-state index in [4.69, 9.17) is 30.5 Å². The van der Waals surface area contributed by atoms with Crippen molar-refractivity contribution in [2.45, 2.75) is 289 Å². The van der Waals surface area contributed by atoms with Crippen LogP contribution < -0.4 is 68.7 Å². The second-order valence-corrected chi connectivity index (χ2v) is 30.8. The number of nitrogens with one attached hydrogen (secondary N) is 2. The monoisotopic (exact) mass is 1460 g/mol. The van der Waals surface area contributed by atoms with E-state index in [0.717, 1.165) is 93.2 Å². The zero-order valence-corrected chi connectivity index (χ0v) is 68.2. The Hall–Kier alpha value is -3.63. The molecular formula is C76H118Li2Mo2N4O10-8. The van der Waals surface area contributed by atoms with Gasteiger partial charge in [-0.05, 0) is 136 Å². The Morgan fingerprint density at radius 2 is 0.468 bits per heavy atom. The number of ether oxygens (including phenoxy) is 2. The van der Waals surface area contributed by atoms with E-state index in [9.17, 15) is 20.4 Å². The Morgan fingerprint density at radius 3 is 0.553 bits per heavy atom. The van der Waals surface area contributed by atoms with Crippen molar-refractivity contribution >= 4 is 0 Å². The Kier molecular flexibility index (Phi) is 57.3. The quantitative estimate of drug-likeness (QED) is 0.188. The number of nitrogens with zero attached hydrogens (tertiary/aromatic N) is 2. The first kappa shape index (κ1) is 112. The van der Waals surface area contributed by atoms with Crippen LogP contribution in [0.25, 0.3) is 0 Å². The maximum Gasteiger partial charge on any atom is 1.00 e. The van der Waals surface area contributed by atoms with Crippen LogP contribution in [0.2, 0.25) is 0 Å². The van der Waals surface area contributed by atoms with Crippen molar-refractivity contribution in [3.63, 3.8) is 0 Å². The van der Waals surface area contributed by atoms with Crippen LogP contribution in [0.15, 0.2) is 48.5 Å². The van der Waals surface area contributed by atoms with E-state index in [1.807, 2.05) is 50.3 Å². The molecule has 2 aliphatic heterocycles. The first-order chi connectivity index (χ1) is 39.0. The van der Waals surface area contributed by atoms with Crippen molar-refractivity contribution in [1.82, 2.24) is 0 Å². The van der Waals surface area contributed by atoms with Gasteiger partial charge in [0.15, 0.2) is 0 Å². The minimum absolute atomic E-state index is 0. The molecule has 2 saturated heterocycles. The van der Waals surface area contributed by atoms with E-state index >= 15 is 0 Å². The van der Waals surface area contributed by atoms with Gasteiger partial charge in [0, 0.05) is 94.2 Å².